The standard InChI is InChI=1S/C11H15N5O3/c1-15-4-7(2-10(15)18)11(19)14-8-3-13-16(5-8)6-9(12)17/h3,5,7H,2,4,6H2,1H3,(H2,12,17)(H,14,19). The van der Waals surface area contributed by atoms with Crippen LogP contribution in [0.3, 0.4) is 0 Å². The SMILES string of the molecule is CN1CC(C(=O)Nc2cnn(CC(N)=O)c2)CC1=O. The third kappa shape index (κ3) is 3.09. The van der Waals surface area contributed by atoms with Crippen LogP contribution in [0.4, 0.5) is 5.69 Å². The van der Waals surface area contributed by atoms with Crippen molar-refractivity contribution in [2.24, 2.45) is 11.7 Å². The number of nitrogens with one attached hydrogen (secondary N) is 1. The van der Waals surface area contributed by atoms with Crippen LogP contribution in [-0.4, -0.2) is 46.0 Å². The van der Waals surface area contributed by atoms with Gasteiger partial charge >= 0.3 is 0 Å². The Labute approximate surface area is 109 Å². The summed E-state index contributed by atoms with van der Waals surface area (Å²) in [6.07, 6.45) is 3.17. The fraction of sp³-hybridized carbons (Fsp3) is 0.455. The van der Waals surface area contributed by atoms with Crippen LogP contribution in [0.25, 0.3) is 0 Å². The van der Waals surface area contributed by atoms with Crippen molar-refractivity contribution in [1.82, 2.24) is 14.7 Å². The summed E-state index contributed by atoms with van der Waals surface area (Å²) in [6.45, 7) is 0.376. The van der Waals surface area contributed by atoms with E-state index in [-0.39, 0.29) is 30.7 Å². The molecule has 8 nitrogen and oxygen atoms in total. The van der Waals surface area contributed by atoms with Crippen molar-refractivity contribution in [1.29, 1.82) is 0 Å². The van der Waals surface area contributed by atoms with E-state index in [2.05, 4.69) is 10.4 Å². The first-order valence-corrected chi connectivity index (χ1v) is 5.81. The van der Waals surface area contributed by atoms with Gasteiger partial charge in [0.25, 0.3) is 0 Å². The number of carbonyl (C=O) groups excluding carboxylic acids is 3. The van der Waals surface area contributed by atoms with Gasteiger partial charge in [-0.2, -0.15) is 5.10 Å². The van der Waals surface area contributed by atoms with Crippen LogP contribution in [0.2, 0.25) is 0 Å². The Kier molecular flexibility index (Phi) is 3.50. The molecule has 1 saturated heterocycles. The number of aromatic nitrogens is 2. The van der Waals surface area contributed by atoms with Crippen LogP contribution >= 0.6 is 0 Å². The highest BCUT2D eigenvalue weighted by atomic mass is 16.2. The normalized spacial score (nSPS) is 18.7. The molecule has 19 heavy (non-hydrogen) atoms. The molecule has 2 rings (SSSR count). The molecule has 0 aromatic carbocycles. The number of hydrogen-bond donors (Lipinski definition) is 2. The highest BCUT2D eigenvalue weighted by Gasteiger charge is 2.32. The summed E-state index contributed by atoms with van der Waals surface area (Å²) in [5.41, 5.74) is 5.51. The Morgan fingerprint density at radius 2 is 2.32 bits per heavy atom. The van der Waals surface area contributed by atoms with E-state index in [4.69, 9.17) is 5.73 Å². The molecule has 0 bridgehead atoms. The Hall–Kier alpha value is -2.38. The monoisotopic (exact) mass is 265 g/mol. The maximum Gasteiger partial charge on any atom is 0.239 e. The molecule has 0 radical (unpaired) electrons. The second-order valence-electron chi connectivity index (χ2n) is 4.56. The number of likely N-dealkylation sites (tertiary alicyclic amines) is 1. The van der Waals surface area contributed by atoms with E-state index in [1.807, 2.05) is 0 Å². The van der Waals surface area contributed by atoms with Crippen molar-refractivity contribution in [2.45, 2.75) is 13.0 Å². The highest BCUT2D eigenvalue weighted by Crippen LogP contribution is 2.18. The van der Waals surface area contributed by atoms with Gasteiger partial charge in [-0.3, -0.25) is 19.1 Å². The Bertz CT molecular complexity index is 524. The van der Waals surface area contributed by atoms with Crippen molar-refractivity contribution in [3.8, 4) is 0 Å². The molecule has 1 unspecified atom stereocenters. The molecule has 1 aliphatic heterocycles. The summed E-state index contributed by atoms with van der Waals surface area (Å²) in [5, 5.41) is 6.56. The lowest BCUT2D eigenvalue weighted by molar-refractivity contribution is -0.127. The topological polar surface area (TPSA) is 110 Å². The maximum atomic E-state index is 11.9. The van der Waals surface area contributed by atoms with Crippen LogP contribution < -0.4 is 11.1 Å². The van der Waals surface area contributed by atoms with Gasteiger partial charge in [-0.05, 0) is 0 Å². The fourth-order valence-corrected chi connectivity index (χ4v) is 1.96. The summed E-state index contributed by atoms with van der Waals surface area (Å²) in [4.78, 5) is 35.5. The lowest BCUT2D eigenvalue weighted by Gasteiger charge is -2.09. The minimum Gasteiger partial charge on any atom is -0.368 e. The zero-order valence-electron chi connectivity index (χ0n) is 10.5. The third-order valence-electron chi connectivity index (χ3n) is 2.93. The predicted molar refractivity (Wildman–Crippen MR) is 65.8 cm³/mol. The van der Waals surface area contributed by atoms with Gasteiger partial charge in [0.15, 0.2) is 0 Å². The van der Waals surface area contributed by atoms with Gasteiger partial charge in [-0.1, -0.05) is 0 Å². The molecule has 3 N–H and O–H groups in total. The number of carbonyl (C=O) groups is 3. The van der Waals surface area contributed by atoms with E-state index in [0.29, 0.717) is 12.2 Å². The smallest absolute Gasteiger partial charge is 0.239 e. The summed E-state index contributed by atoms with van der Waals surface area (Å²) < 4.78 is 1.34. The number of amides is 3. The number of nitrogens with zero attached hydrogens (tertiary/aromatic N) is 3. The third-order valence-corrected chi connectivity index (χ3v) is 2.93. The van der Waals surface area contributed by atoms with Crippen molar-refractivity contribution >= 4 is 23.4 Å². The first kappa shape index (κ1) is 13.1. The van der Waals surface area contributed by atoms with Gasteiger partial charge in [-0.25, -0.2) is 0 Å². The van der Waals surface area contributed by atoms with Crippen LogP contribution in [0, 0.1) is 5.92 Å². The fourth-order valence-electron chi connectivity index (χ4n) is 1.96. The zero-order chi connectivity index (χ0) is 14.0. The van der Waals surface area contributed by atoms with Crippen molar-refractivity contribution in [2.75, 3.05) is 18.9 Å². The second-order valence-corrected chi connectivity index (χ2v) is 4.56. The number of anilines is 1. The van der Waals surface area contributed by atoms with E-state index in [1.165, 1.54) is 22.0 Å². The Morgan fingerprint density at radius 3 is 2.89 bits per heavy atom. The molecular weight excluding hydrogens is 250 g/mol. The molecular formula is C11H15N5O3. The number of nitrogens with two attached hydrogens (primary N) is 1. The van der Waals surface area contributed by atoms with Gasteiger partial charge in [-0.15, -0.1) is 0 Å². The van der Waals surface area contributed by atoms with Gasteiger partial charge in [0.2, 0.25) is 17.7 Å². The molecule has 3 amide bonds. The average Bonchev–Trinajstić information content (AvgIpc) is 2.86. The molecule has 0 spiro atoms. The molecule has 2 heterocycles. The first-order valence-electron chi connectivity index (χ1n) is 5.81. The predicted octanol–water partition coefficient (Wildman–Crippen LogP) is -1.21. The van der Waals surface area contributed by atoms with E-state index in [0.717, 1.165) is 0 Å². The Balaban J connectivity index is 1.94. The lowest BCUT2D eigenvalue weighted by atomic mass is 10.1. The summed E-state index contributed by atoms with van der Waals surface area (Å²) >= 11 is 0. The highest BCUT2D eigenvalue weighted by molar-refractivity contribution is 5.96. The van der Waals surface area contributed by atoms with Crippen LogP contribution in [-0.2, 0) is 20.9 Å². The van der Waals surface area contributed by atoms with E-state index >= 15 is 0 Å². The first-order chi connectivity index (χ1) is 8.95. The number of rotatable bonds is 4. The molecule has 1 aromatic rings. The van der Waals surface area contributed by atoms with Crippen molar-refractivity contribution in [3.63, 3.8) is 0 Å². The molecule has 1 fully saturated rings. The van der Waals surface area contributed by atoms with E-state index < -0.39 is 5.91 Å². The quantitative estimate of drug-likeness (QED) is 0.711. The number of hydrogen-bond acceptors (Lipinski definition) is 4. The van der Waals surface area contributed by atoms with Crippen LogP contribution in [0.5, 0.6) is 0 Å². The van der Waals surface area contributed by atoms with Crippen LogP contribution in [0.15, 0.2) is 12.4 Å². The molecule has 1 aliphatic rings. The second kappa shape index (κ2) is 5.09. The van der Waals surface area contributed by atoms with Gasteiger partial charge < -0.3 is 16.0 Å². The van der Waals surface area contributed by atoms with Crippen LogP contribution in [0.1, 0.15) is 6.42 Å². The van der Waals surface area contributed by atoms with Crippen molar-refractivity contribution in [3.05, 3.63) is 12.4 Å². The number of primary amides is 1. The lowest BCUT2D eigenvalue weighted by Crippen LogP contribution is -2.25. The maximum absolute atomic E-state index is 11.9. The van der Waals surface area contributed by atoms with E-state index in [1.54, 1.807) is 7.05 Å². The average molecular weight is 265 g/mol. The minimum atomic E-state index is -0.510. The zero-order valence-corrected chi connectivity index (χ0v) is 10.5. The summed E-state index contributed by atoms with van der Waals surface area (Å²) in [7, 11) is 1.67. The summed E-state index contributed by atoms with van der Waals surface area (Å²) in [5.74, 6) is -1.12. The van der Waals surface area contributed by atoms with E-state index in [9.17, 15) is 14.4 Å². The van der Waals surface area contributed by atoms with Crippen molar-refractivity contribution < 1.29 is 14.4 Å². The van der Waals surface area contributed by atoms with Gasteiger partial charge in [0.1, 0.15) is 6.54 Å². The molecule has 8 heteroatoms. The molecule has 1 atom stereocenters. The Morgan fingerprint density at radius 1 is 1.58 bits per heavy atom. The minimum absolute atomic E-state index is 0.0374. The molecule has 0 aliphatic carbocycles. The summed E-state index contributed by atoms with van der Waals surface area (Å²) in [6, 6.07) is 0. The molecule has 0 saturated carbocycles. The van der Waals surface area contributed by atoms with Gasteiger partial charge in [0.05, 0.1) is 17.8 Å². The molecule has 1 aromatic heterocycles. The largest absolute Gasteiger partial charge is 0.368 e. The van der Waals surface area contributed by atoms with Gasteiger partial charge in [0, 0.05) is 26.2 Å². The molecule has 102 valence electrons.